The molecule has 98 valence electrons. The minimum atomic E-state index is -0.276. The maximum Gasteiger partial charge on any atom is 0.123 e. The Morgan fingerprint density at radius 1 is 1.28 bits per heavy atom. The van der Waals surface area contributed by atoms with Crippen LogP contribution in [0.5, 0.6) is 5.75 Å². The molecule has 1 unspecified atom stereocenters. The highest BCUT2D eigenvalue weighted by Crippen LogP contribution is 2.25. The van der Waals surface area contributed by atoms with Gasteiger partial charge in [-0.1, -0.05) is 0 Å². The zero-order chi connectivity index (χ0) is 12.5. The van der Waals surface area contributed by atoms with Crippen LogP contribution in [0.3, 0.4) is 0 Å². The molecule has 0 bridgehead atoms. The van der Waals surface area contributed by atoms with E-state index in [0.29, 0.717) is 18.2 Å². The third-order valence-corrected chi connectivity index (χ3v) is 4.11. The molecule has 2 aliphatic heterocycles. The summed E-state index contributed by atoms with van der Waals surface area (Å²) in [6, 6.07) is 4.84. The summed E-state index contributed by atoms with van der Waals surface area (Å²) in [4.78, 5) is 4.86. The largest absolute Gasteiger partial charge is 0.508 e. The molecular formula is C14H19FN2O. The number of hydrogen-bond donors (Lipinski definition) is 1. The number of phenols is 1. The lowest BCUT2D eigenvalue weighted by atomic mass is 10.1. The van der Waals surface area contributed by atoms with E-state index in [4.69, 9.17) is 0 Å². The van der Waals surface area contributed by atoms with Crippen molar-refractivity contribution in [1.82, 2.24) is 9.80 Å². The van der Waals surface area contributed by atoms with Gasteiger partial charge in [-0.15, -0.1) is 0 Å². The molecule has 0 aliphatic carbocycles. The van der Waals surface area contributed by atoms with Gasteiger partial charge >= 0.3 is 0 Å². The highest BCUT2D eigenvalue weighted by molar-refractivity contribution is 5.32. The molecule has 2 saturated heterocycles. The minimum Gasteiger partial charge on any atom is -0.508 e. The molecule has 0 radical (unpaired) electrons. The molecular weight excluding hydrogens is 231 g/mol. The van der Waals surface area contributed by atoms with Crippen LogP contribution in [0.15, 0.2) is 18.2 Å². The third kappa shape index (κ3) is 2.35. The normalized spacial score (nSPS) is 25.3. The predicted octanol–water partition coefficient (Wildman–Crippen LogP) is 1.81. The Morgan fingerprint density at radius 2 is 2.17 bits per heavy atom. The van der Waals surface area contributed by atoms with Crippen LogP contribution in [0.2, 0.25) is 0 Å². The first-order chi connectivity index (χ1) is 8.72. The Kier molecular flexibility index (Phi) is 3.22. The smallest absolute Gasteiger partial charge is 0.123 e. The van der Waals surface area contributed by atoms with Crippen molar-refractivity contribution in [2.45, 2.75) is 25.4 Å². The molecule has 4 heteroatoms. The molecule has 0 aromatic heterocycles. The molecule has 2 heterocycles. The van der Waals surface area contributed by atoms with Crippen LogP contribution >= 0.6 is 0 Å². The van der Waals surface area contributed by atoms with Crippen molar-refractivity contribution in [2.24, 2.45) is 0 Å². The van der Waals surface area contributed by atoms with Crippen molar-refractivity contribution in [3.63, 3.8) is 0 Å². The third-order valence-electron chi connectivity index (χ3n) is 4.11. The maximum atomic E-state index is 13.2. The van der Waals surface area contributed by atoms with Crippen LogP contribution in [0, 0.1) is 5.82 Å². The number of phenolic OH excluding ortho intramolecular Hbond substituents is 1. The van der Waals surface area contributed by atoms with Crippen LogP contribution in [0.4, 0.5) is 4.39 Å². The van der Waals surface area contributed by atoms with E-state index in [1.165, 1.54) is 37.6 Å². The molecule has 1 aromatic carbocycles. The molecule has 0 saturated carbocycles. The summed E-state index contributed by atoms with van der Waals surface area (Å²) in [5, 5.41) is 9.75. The summed E-state index contributed by atoms with van der Waals surface area (Å²) in [7, 11) is 0. The fourth-order valence-corrected chi connectivity index (χ4v) is 3.12. The van der Waals surface area contributed by atoms with Crippen LogP contribution in [-0.2, 0) is 6.54 Å². The van der Waals surface area contributed by atoms with E-state index in [0.717, 1.165) is 19.6 Å². The highest BCUT2D eigenvalue weighted by Gasteiger charge is 2.30. The molecule has 0 amide bonds. The number of rotatable bonds is 2. The lowest BCUT2D eigenvalue weighted by Crippen LogP contribution is -2.49. The number of piperazine rings is 1. The molecule has 1 N–H and O–H groups in total. The fraction of sp³-hybridized carbons (Fsp3) is 0.571. The molecule has 2 aliphatic rings. The number of aromatic hydroxyl groups is 1. The Labute approximate surface area is 107 Å². The van der Waals surface area contributed by atoms with Gasteiger partial charge < -0.3 is 5.11 Å². The van der Waals surface area contributed by atoms with Crippen molar-refractivity contribution in [3.05, 3.63) is 29.6 Å². The van der Waals surface area contributed by atoms with Gasteiger partial charge in [0.2, 0.25) is 0 Å². The van der Waals surface area contributed by atoms with E-state index in [1.54, 1.807) is 0 Å². The van der Waals surface area contributed by atoms with Gasteiger partial charge in [0.05, 0.1) is 0 Å². The number of nitrogens with zero attached hydrogens (tertiary/aromatic N) is 2. The van der Waals surface area contributed by atoms with Crippen molar-refractivity contribution in [1.29, 1.82) is 0 Å². The minimum absolute atomic E-state index is 0.199. The quantitative estimate of drug-likeness (QED) is 0.867. The average Bonchev–Trinajstić information content (AvgIpc) is 2.81. The Bertz CT molecular complexity index is 438. The van der Waals surface area contributed by atoms with Gasteiger partial charge in [-0.3, -0.25) is 9.80 Å². The molecule has 0 spiro atoms. The summed E-state index contributed by atoms with van der Waals surface area (Å²) in [5.41, 5.74) is 0.696. The van der Waals surface area contributed by atoms with Crippen molar-refractivity contribution >= 4 is 0 Å². The standard InChI is InChI=1S/C14H19FN2O/c15-12-3-4-14(18)11(8-12)9-16-6-7-17-5-1-2-13(17)10-16/h3-4,8,13,18H,1-2,5-7,9-10H2. The first-order valence-corrected chi connectivity index (χ1v) is 6.66. The maximum absolute atomic E-state index is 13.2. The van der Waals surface area contributed by atoms with Gasteiger partial charge in [-0.05, 0) is 37.6 Å². The van der Waals surface area contributed by atoms with E-state index >= 15 is 0 Å². The van der Waals surface area contributed by atoms with Gasteiger partial charge in [0.1, 0.15) is 11.6 Å². The zero-order valence-corrected chi connectivity index (χ0v) is 10.5. The van der Waals surface area contributed by atoms with E-state index in [2.05, 4.69) is 9.80 Å². The van der Waals surface area contributed by atoms with E-state index in [-0.39, 0.29) is 11.6 Å². The first-order valence-electron chi connectivity index (χ1n) is 6.66. The summed E-state index contributed by atoms with van der Waals surface area (Å²) >= 11 is 0. The number of benzene rings is 1. The second-order valence-corrected chi connectivity index (χ2v) is 5.34. The SMILES string of the molecule is Oc1ccc(F)cc1CN1CCN2CCCC2C1. The van der Waals surface area contributed by atoms with E-state index < -0.39 is 0 Å². The van der Waals surface area contributed by atoms with E-state index in [9.17, 15) is 9.50 Å². The summed E-state index contributed by atoms with van der Waals surface area (Å²) in [6.45, 7) is 5.01. The monoisotopic (exact) mass is 250 g/mol. The predicted molar refractivity (Wildman–Crippen MR) is 67.9 cm³/mol. The Balaban J connectivity index is 1.67. The molecule has 3 rings (SSSR count). The first kappa shape index (κ1) is 11.9. The molecule has 1 aromatic rings. The second kappa shape index (κ2) is 4.86. The summed E-state index contributed by atoms with van der Waals surface area (Å²) in [5.74, 6) is -0.0763. The van der Waals surface area contributed by atoms with Gasteiger partial charge in [0, 0.05) is 37.8 Å². The van der Waals surface area contributed by atoms with Crippen molar-refractivity contribution in [3.8, 4) is 5.75 Å². The highest BCUT2D eigenvalue weighted by atomic mass is 19.1. The van der Waals surface area contributed by atoms with Gasteiger partial charge in [-0.25, -0.2) is 4.39 Å². The second-order valence-electron chi connectivity index (χ2n) is 5.34. The van der Waals surface area contributed by atoms with Crippen LogP contribution in [0.1, 0.15) is 18.4 Å². The number of halogens is 1. The zero-order valence-electron chi connectivity index (χ0n) is 10.5. The van der Waals surface area contributed by atoms with E-state index in [1.807, 2.05) is 0 Å². The van der Waals surface area contributed by atoms with Gasteiger partial charge in [0.25, 0.3) is 0 Å². The number of fused-ring (bicyclic) bond motifs is 1. The molecule has 3 nitrogen and oxygen atoms in total. The average molecular weight is 250 g/mol. The Morgan fingerprint density at radius 3 is 3.06 bits per heavy atom. The summed E-state index contributed by atoms with van der Waals surface area (Å²) in [6.07, 6.45) is 2.56. The van der Waals surface area contributed by atoms with Crippen molar-refractivity contribution in [2.75, 3.05) is 26.2 Å². The van der Waals surface area contributed by atoms with Crippen molar-refractivity contribution < 1.29 is 9.50 Å². The van der Waals surface area contributed by atoms with Crippen LogP contribution in [-0.4, -0.2) is 47.1 Å². The lowest BCUT2D eigenvalue weighted by molar-refractivity contribution is 0.0987. The summed E-state index contributed by atoms with van der Waals surface area (Å²) < 4.78 is 13.2. The van der Waals surface area contributed by atoms with Gasteiger partial charge in [0.15, 0.2) is 0 Å². The molecule has 18 heavy (non-hydrogen) atoms. The Hall–Kier alpha value is -1.13. The van der Waals surface area contributed by atoms with Crippen LogP contribution in [0.25, 0.3) is 0 Å². The topological polar surface area (TPSA) is 26.7 Å². The van der Waals surface area contributed by atoms with Gasteiger partial charge in [-0.2, -0.15) is 0 Å². The molecule has 2 fully saturated rings. The number of hydrogen-bond acceptors (Lipinski definition) is 3. The lowest BCUT2D eigenvalue weighted by Gasteiger charge is -2.37. The fourth-order valence-electron chi connectivity index (χ4n) is 3.12. The van der Waals surface area contributed by atoms with Crippen LogP contribution < -0.4 is 0 Å². The molecule has 1 atom stereocenters.